The predicted octanol–water partition coefficient (Wildman–Crippen LogP) is 2.24. The summed E-state index contributed by atoms with van der Waals surface area (Å²) in [5.41, 5.74) is 0.793. The summed E-state index contributed by atoms with van der Waals surface area (Å²) in [6, 6.07) is 8.37. The number of pyridine rings is 1. The smallest absolute Gasteiger partial charge is 0.343 e. The van der Waals surface area contributed by atoms with Crippen LogP contribution in [-0.4, -0.2) is 31.8 Å². The summed E-state index contributed by atoms with van der Waals surface area (Å²) < 4.78 is 15.2. The van der Waals surface area contributed by atoms with Crippen LogP contribution in [0.1, 0.15) is 17.3 Å². The minimum absolute atomic E-state index is 0.0222. The van der Waals surface area contributed by atoms with Crippen LogP contribution in [0.5, 0.6) is 11.5 Å². The van der Waals surface area contributed by atoms with Crippen molar-refractivity contribution in [2.24, 2.45) is 0 Å². The summed E-state index contributed by atoms with van der Waals surface area (Å²) in [5.74, 6) is 0.509. The van der Waals surface area contributed by atoms with Gasteiger partial charge in [-0.1, -0.05) is 0 Å². The molecule has 22 heavy (non-hydrogen) atoms. The molecule has 0 aliphatic carbocycles. The van der Waals surface area contributed by atoms with E-state index in [0.29, 0.717) is 17.2 Å². The number of aromatic amines is 1. The maximum absolute atomic E-state index is 12.0. The van der Waals surface area contributed by atoms with Crippen molar-refractivity contribution >= 4 is 5.97 Å². The Kier molecular flexibility index (Phi) is 4.83. The second-order valence-electron chi connectivity index (χ2n) is 4.41. The molecular weight excluding hydrogens is 286 g/mol. The lowest BCUT2D eigenvalue weighted by atomic mass is 10.1. The van der Waals surface area contributed by atoms with Crippen LogP contribution < -0.4 is 15.0 Å². The minimum atomic E-state index is -0.636. The molecular formula is C16H17NO5. The van der Waals surface area contributed by atoms with Crippen LogP contribution in [-0.2, 0) is 4.74 Å². The summed E-state index contributed by atoms with van der Waals surface area (Å²) >= 11 is 0. The fourth-order valence-electron chi connectivity index (χ4n) is 2.02. The molecule has 1 aromatic heterocycles. The van der Waals surface area contributed by atoms with Gasteiger partial charge in [0, 0.05) is 11.3 Å². The zero-order valence-electron chi connectivity index (χ0n) is 12.6. The first kappa shape index (κ1) is 15.6. The number of ether oxygens (including phenoxy) is 3. The van der Waals surface area contributed by atoms with Gasteiger partial charge in [0.2, 0.25) is 0 Å². The molecule has 116 valence electrons. The summed E-state index contributed by atoms with van der Waals surface area (Å²) in [6.45, 7) is 1.90. The second kappa shape index (κ2) is 6.80. The molecule has 0 atom stereocenters. The lowest BCUT2D eigenvalue weighted by Gasteiger charge is -2.10. The largest absolute Gasteiger partial charge is 0.493 e. The maximum Gasteiger partial charge on any atom is 0.343 e. The molecule has 0 saturated heterocycles. The van der Waals surface area contributed by atoms with Gasteiger partial charge in [-0.15, -0.1) is 0 Å². The highest BCUT2D eigenvalue weighted by Gasteiger charge is 2.13. The molecule has 0 aliphatic rings. The molecule has 0 saturated carbocycles. The van der Waals surface area contributed by atoms with Crippen molar-refractivity contribution in [1.82, 2.24) is 4.98 Å². The van der Waals surface area contributed by atoms with Gasteiger partial charge in [-0.2, -0.15) is 0 Å². The van der Waals surface area contributed by atoms with Crippen LogP contribution in [0.2, 0.25) is 0 Å². The predicted molar refractivity (Wildman–Crippen MR) is 81.6 cm³/mol. The van der Waals surface area contributed by atoms with Crippen molar-refractivity contribution in [2.75, 3.05) is 20.8 Å². The first-order valence-electron chi connectivity index (χ1n) is 6.73. The fourth-order valence-corrected chi connectivity index (χ4v) is 2.02. The summed E-state index contributed by atoms with van der Waals surface area (Å²) in [6.07, 6.45) is 0. The Morgan fingerprint density at radius 2 is 1.82 bits per heavy atom. The van der Waals surface area contributed by atoms with Crippen LogP contribution >= 0.6 is 0 Å². The monoisotopic (exact) mass is 303 g/mol. The highest BCUT2D eigenvalue weighted by Crippen LogP contribution is 2.31. The van der Waals surface area contributed by atoms with Crippen LogP contribution in [0.15, 0.2) is 35.1 Å². The molecule has 1 N–H and O–H groups in total. The van der Waals surface area contributed by atoms with Crippen LogP contribution in [0.3, 0.4) is 0 Å². The molecule has 0 aliphatic heterocycles. The van der Waals surface area contributed by atoms with E-state index in [-0.39, 0.29) is 12.2 Å². The van der Waals surface area contributed by atoms with Gasteiger partial charge >= 0.3 is 5.97 Å². The van der Waals surface area contributed by atoms with Crippen molar-refractivity contribution in [3.63, 3.8) is 0 Å². The highest BCUT2D eigenvalue weighted by atomic mass is 16.5. The third-order valence-electron chi connectivity index (χ3n) is 3.10. The molecule has 2 rings (SSSR count). The quantitative estimate of drug-likeness (QED) is 0.857. The van der Waals surface area contributed by atoms with Gasteiger partial charge in [0.15, 0.2) is 11.5 Å². The average Bonchev–Trinajstić information content (AvgIpc) is 2.54. The van der Waals surface area contributed by atoms with Crippen LogP contribution in [0, 0.1) is 0 Å². The Balaban J connectivity index is 2.40. The molecule has 1 aromatic carbocycles. The summed E-state index contributed by atoms with van der Waals surface area (Å²) in [4.78, 5) is 26.3. The Hall–Kier alpha value is -2.76. The molecule has 6 nitrogen and oxygen atoms in total. The van der Waals surface area contributed by atoms with Crippen molar-refractivity contribution in [3.05, 3.63) is 46.2 Å². The van der Waals surface area contributed by atoms with E-state index in [2.05, 4.69) is 4.98 Å². The number of esters is 1. The summed E-state index contributed by atoms with van der Waals surface area (Å²) in [7, 11) is 3.09. The van der Waals surface area contributed by atoms with Crippen LogP contribution in [0.25, 0.3) is 11.3 Å². The normalized spacial score (nSPS) is 10.1. The van der Waals surface area contributed by atoms with E-state index in [1.807, 2.05) is 0 Å². The zero-order valence-corrected chi connectivity index (χ0v) is 12.6. The zero-order chi connectivity index (χ0) is 16.1. The molecule has 0 amide bonds. The highest BCUT2D eigenvalue weighted by molar-refractivity contribution is 5.89. The number of methoxy groups -OCH3 is 2. The number of nitrogens with one attached hydrogen (secondary N) is 1. The van der Waals surface area contributed by atoms with Gasteiger partial charge in [0.25, 0.3) is 5.56 Å². The molecule has 0 bridgehead atoms. The van der Waals surface area contributed by atoms with Gasteiger partial charge in [0.05, 0.1) is 20.8 Å². The number of rotatable bonds is 5. The maximum atomic E-state index is 12.0. The molecule has 0 spiro atoms. The van der Waals surface area contributed by atoms with E-state index < -0.39 is 11.5 Å². The van der Waals surface area contributed by atoms with Crippen molar-refractivity contribution in [3.8, 4) is 22.8 Å². The number of aromatic nitrogens is 1. The molecule has 1 heterocycles. The molecule has 6 heteroatoms. The Morgan fingerprint density at radius 3 is 2.41 bits per heavy atom. The SMILES string of the molecule is CCOC(=O)c1ccc(-c2ccc(OC)c(OC)c2)[nH]c1=O. The third-order valence-corrected chi connectivity index (χ3v) is 3.10. The van der Waals surface area contributed by atoms with Gasteiger partial charge in [-0.3, -0.25) is 4.79 Å². The van der Waals surface area contributed by atoms with Crippen molar-refractivity contribution in [2.45, 2.75) is 6.92 Å². The third kappa shape index (κ3) is 3.11. The minimum Gasteiger partial charge on any atom is -0.493 e. The lowest BCUT2D eigenvalue weighted by molar-refractivity contribution is 0.0524. The molecule has 0 fully saturated rings. The van der Waals surface area contributed by atoms with E-state index in [0.717, 1.165) is 5.56 Å². The topological polar surface area (TPSA) is 77.6 Å². The van der Waals surface area contributed by atoms with Gasteiger partial charge in [-0.25, -0.2) is 4.79 Å². The molecule has 0 radical (unpaired) electrons. The molecule has 2 aromatic rings. The fraction of sp³-hybridized carbons (Fsp3) is 0.250. The van der Waals surface area contributed by atoms with E-state index in [9.17, 15) is 9.59 Å². The number of carbonyl (C=O) groups excluding carboxylic acids is 1. The van der Waals surface area contributed by atoms with Gasteiger partial charge in [0.1, 0.15) is 5.56 Å². The van der Waals surface area contributed by atoms with Crippen molar-refractivity contribution < 1.29 is 19.0 Å². The number of hydrogen-bond acceptors (Lipinski definition) is 5. The Morgan fingerprint density at radius 1 is 1.09 bits per heavy atom. The first-order valence-corrected chi connectivity index (χ1v) is 6.73. The lowest BCUT2D eigenvalue weighted by Crippen LogP contribution is -2.19. The number of benzene rings is 1. The number of H-pyrrole nitrogens is 1. The van der Waals surface area contributed by atoms with Gasteiger partial charge in [-0.05, 0) is 37.3 Å². The van der Waals surface area contributed by atoms with Crippen molar-refractivity contribution in [1.29, 1.82) is 0 Å². The van der Waals surface area contributed by atoms with E-state index in [1.54, 1.807) is 38.3 Å². The standard InChI is InChI=1S/C16H17NO5/c1-4-22-16(19)11-6-7-12(17-15(11)18)10-5-8-13(20-2)14(9-10)21-3/h5-9H,4H2,1-3H3,(H,17,18). The van der Waals surface area contributed by atoms with E-state index in [1.165, 1.54) is 13.2 Å². The average molecular weight is 303 g/mol. The van der Waals surface area contributed by atoms with E-state index in [4.69, 9.17) is 14.2 Å². The number of carbonyl (C=O) groups is 1. The molecule has 0 unspecified atom stereocenters. The van der Waals surface area contributed by atoms with Crippen LogP contribution in [0.4, 0.5) is 0 Å². The van der Waals surface area contributed by atoms with E-state index >= 15 is 0 Å². The Labute approximate surface area is 127 Å². The Bertz CT molecular complexity index is 736. The number of hydrogen-bond donors (Lipinski definition) is 1. The van der Waals surface area contributed by atoms with Gasteiger partial charge < -0.3 is 19.2 Å². The summed E-state index contributed by atoms with van der Waals surface area (Å²) in [5, 5.41) is 0. The first-order chi connectivity index (χ1) is 10.6. The second-order valence-corrected chi connectivity index (χ2v) is 4.41.